The second-order valence-electron chi connectivity index (χ2n) is 4.79. The fourth-order valence-corrected chi connectivity index (χ4v) is 1.99. The van der Waals surface area contributed by atoms with Crippen molar-refractivity contribution in [2.24, 2.45) is 5.92 Å². The standard InChI is InChI=1S/C14H17NO2/c1-9(2)13(16)8-15-14(17)12-7-10-5-3-4-6-11(10)12/h3-6,9,12H,7-8H2,1-2H3,(H,15,17). The Morgan fingerprint density at radius 3 is 2.71 bits per heavy atom. The highest BCUT2D eigenvalue weighted by atomic mass is 16.2. The van der Waals surface area contributed by atoms with Gasteiger partial charge in [0.15, 0.2) is 5.78 Å². The predicted molar refractivity (Wildman–Crippen MR) is 65.7 cm³/mol. The van der Waals surface area contributed by atoms with E-state index in [9.17, 15) is 9.59 Å². The van der Waals surface area contributed by atoms with Crippen LogP contribution in [0.4, 0.5) is 0 Å². The van der Waals surface area contributed by atoms with E-state index in [0.717, 1.165) is 12.0 Å². The highest BCUT2D eigenvalue weighted by molar-refractivity contribution is 5.91. The Morgan fingerprint density at radius 1 is 1.35 bits per heavy atom. The Hall–Kier alpha value is -1.64. The molecule has 0 spiro atoms. The van der Waals surface area contributed by atoms with Gasteiger partial charge in [0.05, 0.1) is 12.5 Å². The number of carbonyl (C=O) groups excluding carboxylic acids is 2. The topological polar surface area (TPSA) is 46.2 Å². The minimum absolute atomic E-state index is 0.0241. The van der Waals surface area contributed by atoms with Gasteiger partial charge in [0, 0.05) is 5.92 Å². The van der Waals surface area contributed by atoms with Crippen LogP contribution in [0.25, 0.3) is 0 Å². The van der Waals surface area contributed by atoms with Crippen LogP contribution in [-0.4, -0.2) is 18.2 Å². The third-order valence-corrected chi connectivity index (χ3v) is 3.25. The molecule has 17 heavy (non-hydrogen) atoms. The first-order valence-electron chi connectivity index (χ1n) is 5.98. The van der Waals surface area contributed by atoms with Gasteiger partial charge in [-0.2, -0.15) is 0 Å². The van der Waals surface area contributed by atoms with Gasteiger partial charge in [-0.15, -0.1) is 0 Å². The SMILES string of the molecule is CC(C)C(=O)CNC(=O)C1Cc2ccccc21. The maximum atomic E-state index is 11.9. The van der Waals surface area contributed by atoms with Crippen LogP contribution < -0.4 is 5.32 Å². The van der Waals surface area contributed by atoms with Crippen LogP contribution in [0.2, 0.25) is 0 Å². The molecule has 1 aromatic rings. The fraction of sp³-hybridized carbons (Fsp3) is 0.429. The molecule has 0 aromatic heterocycles. The number of carbonyl (C=O) groups is 2. The van der Waals surface area contributed by atoms with Crippen molar-refractivity contribution in [2.45, 2.75) is 26.2 Å². The van der Waals surface area contributed by atoms with Crippen LogP contribution >= 0.6 is 0 Å². The zero-order valence-electron chi connectivity index (χ0n) is 10.2. The third-order valence-electron chi connectivity index (χ3n) is 3.25. The molecule has 2 rings (SSSR count). The lowest BCUT2D eigenvalue weighted by atomic mass is 9.77. The molecule has 0 aliphatic heterocycles. The number of Topliss-reactive ketones (excluding diaryl/α,β-unsaturated/α-hetero) is 1. The van der Waals surface area contributed by atoms with E-state index < -0.39 is 0 Å². The highest BCUT2D eigenvalue weighted by Crippen LogP contribution is 2.34. The van der Waals surface area contributed by atoms with Gasteiger partial charge in [0.2, 0.25) is 5.91 Å². The van der Waals surface area contributed by atoms with Crippen LogP contribution in [0.5, 0.6) is 0 Å². The van der Waals surface area contributed by atoms with Gasteiger partial charge in [-0.05, 0) is 17.5 Å². The number of hydrogen-bond acceptors (Lipinski definition) is 2. The highest BCUT2D eigenvalue weighted by Gasteiger charge is 2.31. The lowest BCUT2D eigenvalue weighted by Crippen LogP contribution is -2.38. The van der Waals surface area contributed by atoms with E-state index in [0.29, 0.717) is 0 Å². The van der Waals surface area contributed by atoms with Crippen LogP contribution in [0, 0.1) is 5.92 Å². The van der Waals surface area contributed by atoms with Gasteiger partial charge in [-0.1, -0.05) is 38.1 Å². The first-order valence-corrected chi connectivity index (χ1v) is 5.98. The van der Waals surface area contributed by atoms with Gasteiger partial charge in [0.1, 0.15) is 0 Å². The van der Waals surface area contributed by atoms with Crippen molar-refractivity contribution < 1.29 is 9.59 Å². The molecular weight excluding hydrogens is 214 g/mol. The van der Waals surface area contributed by atoms with Gasteiger partial charge < -0.3 is 5.32 Å². The summed E-state index contributed by atoms with van der Waals surface area (Å²) >= 11 is 0. The summed E-state index contributed by atoms with van der Waals surface area (Å²) in [6, 6.07) is 7.94. The first-order chi connectivity index (χ1) is 8.09. The van der Waals surface area contributed by atoms with Gasteiger partial charge in [-0.25, -0.2) is 0 Å². The third kappa shape index (κ3) is 2.38. The molecule has 1 amide bonds. The summed E-state index contributed by atoms with van der Waals surface area (Å²) in [5.41, 5.74) is 2.34. The fourth-order valence-electron chi connectivity index (χ4n) is 1.99. The van der Waals surface area contributed by atoms with Crippen molar-refractivity contribution in [1.82, 2.24) is 5.32 Å². The zero-order valence-corrected chi connectivity index (χ0v) is 10.2. The molecule has 1 unspecified atom stereocenters. The molecule has 0 bridgehead atoms. The Kier molecular flexibility index (Phi) is 3.27. The molecule has 1 N–H and O–H groups in total. The average molecular weight is 231 g/mol. The van der Waals surface area contributed by atoms with Gasteiger partial charge >= 0.3 is 0 Å². The van der Waals surface area contributed by atoms with Crippen LogP contribution in [-0.2, 0) is 16.0 Å². The molecule has 1 aliphatic carbocycles. The molecule has 90 valence electrons. The van der Waals surface area contributed by atoms with E-state index >= 15 is 0 Å². The van der Waals surface area contributed by atoms with Gasteiger partial charge in [-0.3, -0.25) is 9.59 Å². The molecule has 0 fully saturated rings. The van der Waals surface area contributed by atoms with Crippen molar-refractivity contribution in [3.63, 3.8) is 0 Å². The Labute approximate surface area is 101 Å². The molecule has 3 heteroatoms. The van der Waals surface area contributed by atoms with Gasteiger partial charge in [0.25, 0.3) is 0 Å². The first kappa shape index (κ1) is 11.8. The maximum Gasteiger partial charge on any atom is 0.228 e. The Bertz CT molecular complexity index is 451. The van der Waals surface area contributed by atoms with E-state index in [2.05, 4.69) is 5.32 Å². The molecule has 0 heterocycles. The van der Waals surface area contributed by atoms with Crippen molar-refractivity contribution in [2.75, 3.05) is 6.54 Å². The molecule has 0 radical (unpaired) electrons. The molecule has 1 atom stereocenters. The van der Waals surface area contributed by atoms with Crippen molar-refractivity contribution in [3.8, 4) is 0 Å². The molecule has 3 nitrogen and oxygen atoms in total. The molecule has 0 saturated carbocycles. The number of amides is 1. The van der Waals surface area contributed by atoms with E-state index in [4.69, 9.17) is 0 Å². The maximum absolute atomic E-state index is 11.9. The normalized spacial score (nSPS) is 17.2. The largest absolute Gasteiger partial charge is 0.348 e. The summed E-state index contributed by atoms with van der Waals surface area (Å²) in [7, 11) is 0. The Balaban J connectivity index is 1.90. The minimum atomic E-state index is -0.0637. The van der Waals surface area contributed by atoms with E-state index in [1.165, 1.54) is 5.56 Å². The van der Waals surface area contributed by atoms with Crippen molar-refractivity contribution in [1.29, 1.82) is 0 Å². The second kappa shape index (κ2) is 4.70. The number of rotatable bonds is 4. The van der Waals surface area contributed by atoms with Crippen LogP contribution in [0.3, 0.4) is 0 Å². The van der Waals surface area contributed by atoms with E-state index in [-0.39, 0.29) is 30.1 Å². The number of benzene rings is 1. The van der Waals surface area contributed by atoms with E-state index in [1.807, 2.05) is 38.1 Å². The summed E-state index contributed by atoms with van der Waals surface area (Å²) in [5, 5.41) is 2.72. The van der Waals surface area contributed by atoms with Crippen molar-refractivity contribution >= 4 is 11.7 Å². The van der Waals surface area contributed by atoms with Crippen LogP contribution in [0.15, 0.2) is 24.3 Å². The number of fused-ring (bicyclic) bond motifs is 1. The molecule has 1 aliphatic rings. The number of nitrogens with one attached hydrogen (secondary N) is 1. The quantitative estimate of drug-likeness (QED) is 0.856. The minimum Gasteiger partial charge on any atom is -0.348 e. The number of ketones is 1. The monoisotopic (exact) mass is 231 g/mol. The smallest absolute Gasteiger partial charge is 0.228 e. The van der Waals surface area contributed by atoms with E-state index in [1.54, 1.807) is 0 Å². The summed E-state index contributed by atoms with van der Waals surface area (Å²) in [5.74, 6) is -0.0428. The lowest BCUT2D eigenvalue weighted by Gasteiger charge is -2.28. The lowest BCUT2D eigenvalue weighted by molar-refractivity contribution is -0.127. The van der Waals surface area contributed by atoms with Crippen LogP contribution in [0.1, 0.15) is 30.9 Å². The number of hydrogen-bond donors (Lipinski definition) is 1. The molecule has 0 saturated heterocycles. The molecular formula is C14H17NO2. The second-order valence-corrected chi connectivity index (χ2v) is 4.79. The zero-order chi connectivity index (χ0) is 12.4. The average Bonchev–Trinajstić information content (AvgIpc) is 2.27. The summed E-state index contributed by atoms with van der Waals surface area (Å²) < 4.78 is 0. The summed E-state index contributed by atoms with van der Waals surface area (Å²) in [4.78, 5) is 23.3. The molecule has 1 aromatic carbocycles. The summed E-state index contributed by atoms with van der Waals surface area (Å²) in [6.07, 6.45) is 0.790. The Morgan fingerprint density at radius 2 is 2.06 bits per heavy atom. The summed E-state index contributed by atoms with van der Waals surface area (Å²) in [6.45, 7) is 3.83. The predicted octanol–water partition coefficient (Wildman–Crippen LogP) is 1.67. The van der Waals surface area contributed by atoms with Crippen molar-refractivity contribution in [3.05, 3.63) is 35.4 Å².